The van der Waals surface area contributed by atoms with Crippen LogP contribution in [-0.2, 0) is 5.60 Å². The van der Waals surface area contributed by atoms with E-state index in [4.69, 9.17) is 0 Å². The van der Waals surface area contributed by atoms with Crippen molar-refractivity contribution >= 4 is 11.8 Å². The molecule has 2 heteroatoms. The third-order valence-electron chi connectivity index (χ3n) is 5.92. The first kappa shape index (κ1) is 18.3. The first-order valence-electron chi connectivity index (χ1n) is 9.77. The van der Waals surface area contributed by atoms with Crippen LogP contribution in [0.4, 0.5) is 0 Å². The molecule has 2 atom stereocenters. The van der Waals surface area contributed by atoms with E-state index in [0.717, 1.165) is 12.8 Å². The van der Waals surface area contributed by atoms with Gasteiger partial charge in [-0.3, -0.25) is 0 Å². The van der Waals surface area contributed by atoms with Crippen molar-refractivity contribution in [1.29, 1.82) is 0 Å². The summed E-state index contributed by atoms with van der Waals surface area (Å²) in [6.07, 6.45) is 4.45. The van der Waals surface area contributed by atoms with Gasteiger partial charge in [-0.05, 0) is 65.7 Å². The van der Waals surface area contributed by atoms with Crippen LogP contribution < -0.4 is 0 Å². The molecule has 134 valence electrons. The summed E-state index contributed by atoms with van der Waals surface area (Å²) in [5, 5.41) is 13.1. The highest BCUT2D eigenvalue weighted by molar-refractivity contribution is 8.00. The minimum Gasteiger partial charge on any atom is -0.385 e. The lowest BCUT2D eigenvalue weighted by Gasteiger charge is -2.40. The van der Waals surface area contributed by atoms with Gasteiger partial charge in [0.2, 0.25) is 0 Å². The van der Waals surface area contributed by atoms with Gasteiger partial charge in [0.25, 0.3) is 0 Å². The molecule has 2 aliphatic heterocycles. The highest BCUT2D eigenvalue weighted by atomic mass is 32.2. The van der Waals surface area contributed by atoms with Gasteiger partial charge in [0.15, 0.2) is 0 Å². The van der Waals surface area contributed by atoms with E-state index >= 15 is 0 Å². The van der Waals surface area contributed by atoms with E-state index in [1.807, 2.05) is 0 Å². The van der Waals surface area contributed by atoms with E-state index in [-0.39, 0.29) is 0 Å². The van der Waals surface area contributed by atoms with Gasteiger partial charge in [0.05, 0.1) is 5.60 Å². The van der Waals surface area contributed by atoms with E-state index in [2.05, 4.69) is 65.4 Å². The van der Waals surface area contributed by atoms with E-state index in [0.29, 0.717) is 28.3 Å². The first-order valence-corrected chi connectivity index (χ1v) is 10.7. The maximum Gasteiger partial charge on any atom is 0.0923 e. The Bertz CT molecular complexity index is 561. The maximum absolute atomic E-state index is 11.8. The molecule has 1 N–H and O–H groups in total. The summed E-state index contributed by atoms with van der Waals surface area (Å²) >= 11 is 2.13. The molecule has 24 heavy (non-hydrogen) atoms. The van der Waals surface area contributed by atoms with Crippen molar-refractivity contribution in [2.75, 3.05) is 0 Å². The SMILES string of the molecule is CC(C)c1cc(C(C)C)c(C2(O)CC3CCC(C2)S3)c(C(C)C)c1. The second-order valence-electron chi connectivity index (χ2n) is 8.94. The summed E-state index contributed by atoms with van der Waals surface area (Å²) in [6.45, 7) is 13.7. The Morgan fingerprint density at radius 1 is 0.875 bits per heavy atom. The fourth-order valence-electron chi connectivity index (χ4n) is 4.61. The van der Waals surface area contributed by atoms with Crippen molar-refractivity contribution in [3.05, 3.63) is 34.4 Å². The number of fused-ring (bicyclic) bond motifs is 2. The Morgan fingerprint density at radius 3 is 1.71 bits per heavy atom. The van der Waals surface area contributed by atoms with Crippen LogP contribution >= 0.6 is 11.8 Å². The Balaban J connectivity index is 2.17. The van der Waals surface area contributed by atoms with Crippen molar-refractivity contribution in [2.24, 2.45) is 0 Å². The molecule has 1 aromatic rings. The number of hydrogen-bond acceptors (Lipinski definition) is 2. The lowest BCUT2D eigenvalue weighted by Crippen LogP contribution is -2.37. The zero-order valence-electron chi connectivity index (χ0n) is 16.2. The molecule has 0 amide bonds. The van der Waals surface area contributed by atoms with Crippen LogP contribution in [-0.4, -0.2) is 15.6 Å². The van der Waals surface area contributed by atoms with Crippen molar-refractivity contribution in [2.45, 2.75) is 101 Å². The molecule has 0 aromatic heterocycles. The second kappa shape index (κ2) is 6.68. The van der Waals surface area contributed by atoms with Crippen LogP contribution in [0.2, 0.25) is 0 Å². The summed E-state index contributed by atoms with van der Waals surface area (Å²) in [5.41, 5.74) is 4.86. The van der Waals surface area contributed by atoms with Crippen LogP contribution in [0.5, 0.6) is 0 Å². The van der Waals surface area contributed by atoms with Crippen LogP contribution in [0.1, 0.15) is 107 Å². The molecule has 0 radical (unpaired) electrons. The number of aliphatic hydroxyl groups is 1. The standard InChI is InChI=1S/C22H34OS/c1-13(2)16-9-19(14(3)4)21(20(10-16)15(5)6)22(23)11-17-7-8-18(12-22)24-17/h9-10,13-15,17-18,23H,7-8,11-12H2,1-6H3. The molecular weight excluding hydrogens is 312 g/mol. The van der Waals surface area contributed by atoms with E-state index < -0.39 is 5.60 Å². The van der Waals surface area contributed by atoms with Crippen LogP contribution in [0.3, 0.4) is 0 Å². The van der Waals surface area contributed by atoms with Crippen LogP contribution in [0.15, 0.2) is 12.1 Å². The van der Waals surface area contributed by atoms with Crippen LogP contribution in [0, 0.1) is 0 Å². The Hall–Kier alpha value is -0.470. The van der Waals surface area contributed by atoms with Gasteiger partial charge in [-0.1, -0.05) is 53.7 Å². The molecule has 0 saturated carbocycles. The largest absolute Gasteiger partial charge is 0.385 e. The van der Waals surface area contributed by atoms with Crippen molar-refractivity contribution < 1.29 is 5.11 Å². The van der Waals surface area contributed by atoms with Gasteiger partial charge in [-0.15, -0.1) is 0 Å². The molecule has 2 aliphatic rings. The first-order chi connectivity index (χ1) is 11.2. The van der Waals surface area contributed by atoms with E-state index in [1.165, 1.54) is 35.1 Å². The lowest BCUT2D eigenvalue weighted by molar-refractivity contribution is 0.0174. The van der Waals surface area contributed by atoms with Gasteiger partial charge in [-0.2, -0.15) is 11.8 Å². The van der Waals surface area contributed by atoms with Gasteiger partial charge in [-0.25, -0.2) is 0 Å². The van der Waals surface area contributed by atoms with Crippen molar-refractivity contribution in [3.8, 4) is 0 Å². The highest BCUT2D eigenvalue weighted by Gasteiger charge is 2.46. The normalized spacial score (nSPS) is 29.9. The fraction of sp³-hybridized carbons (Fsp3) is 0.727. The third-order valence-corrected chi connectivity index (χ3v) is 7.50. The molecule has 2 saturated heterocycles. The molecule has 2 unspecified atom stereocenters. The summed E-state index contributed by atoms with van der Waals surface area (Å²) in [6, 6.07) is 4.77. The summed E-state index contributed by atoms with van der Waals surface area (Å²) < 4.78 is 0. The van der Waals surface area contributed by atoms with Crippen molar-refractivity contribution in [3.63, 3.8) is 0 Å². The number of benzene rings is 1. The van der Waals surface area contributed by atoms with E-state index in [1.54, 1.807) is 0 Å². The maximum atomic E-state index is 11.8. The Kier molecular flexibility index (Phi) is 5.10. The summed E-state index contributed by atoms with van der Waals surface area (Å²) in [7, 11) is 0. The smallest absolute Gasteiger partial charge is 0.0923 e. The minimum absolute atomic E-state index is 0.451. The zero-order valence-corrected chi connectivity index (χ0v) is 17.0. The van der Waals surface area contributed by atoms with Crippen molar-refractivity contribution in [1.82, 2.24) is 0 Å². The van der Waals surface area contributed by atoms with Crippen LogP contribution in [0.25, 0.3) is 0 Å². The predicted molar refractivity (Wildman–Crippen MR) is 106 cm³/mol. The molecule has 2 heterocycles. The molecular formula is C22H34OS. The minimum atomic E-state index is -0.619. The van der Waals surface area contributed by atoms with Gasteiger partial charge in [0.1, 0.15) is 0 Å². The van der Waals surface area contributed by atoms with E-state index in [9.17, 15) is 5.11 Å². The molecule has 1 nitrogen and oxygen atoms in total. The lowest BCUT2D eigenvalue weighted by atomic mass is 9.74. The second-order valence-corrected chi connectivity index (χ2v) is 10.5. The number of hydrogen-bond donors (Lipinski definition) is 1. The molecule has 3 rings (SSSR count). The van der Waals surface area contributed by atoms with Gasteiger partial charge >= 0.3 is 0 Å². The molecule has 1 aromatic carbocycles. The third kappa shape index (κ3) is 3.29. The average molecular weight is 347 g/mol. The zero-order chi connectivity index (χ0) is 17.6. The average Bonchev–Trinajstić information content (AvgIpc) is 2.85. The summed E-state index contributed by atoms with van der Waals surface area (Å²) in [4.78, 5) is 0. The molecule has 2 bridgehead atoms. The predicted octanol–water partition coefficient (Wildman–Crippen LogP) is 6.30. The summed E-state index contributed by atoms with van der Waals surface area (Å²) in [5.74, 6) is 1.43. The molecule has 2 fully saturated rings. The Morgan fingerprint density at radius 2 is 1.33 bits per heavy atom. The quantitative estimate of drug-likeness (QED) is 0.690. The number of rotatable bonds is 4. The van der Waals surface area contributed by atoms with Gasteiger partial charge in [0, 0.05) is 10.5 Å². The number of thioether (sulfide) groups is 1. The molecule has 0 aliphatic carbocycles. The molecule has 0 spiro atoms. The topological polar surface area (TPSA) is 20.2 Å². The monoisotopic (exact) mass is 346 g/mol. The Labute approximate surface area is 152 Å². The highest BCUT2D eigenvalue weighted by Crippen LogP contribution is 2.53. The fourth-order valence-corrected chi connectivity index (χ4v) is 6.45. The van der Waals surface area contributed by atoms with Gasteiger partial charge < -0.3 is 5.11 Å².